The van der Waals surface area contributed by atoms with Crippen molar-refractivity contribution in [1.82, 2.24) is 0 Å². The van der Waals surface area contributed by atoms with E-state index < -0.39 is 0 Å². The first-order valence-corrected chi connectivity index (χ1v) is 8.28. The van der Waals surface area contributed by atoms with Gasteiger partial charge in [0.25, 0.3) is 0 Å². The van der Waals surface area contributed by atoms with Crippen molar-refractivity contribution < 1.29 is 9.53 Å². The molecule has 0 heterocycles. The van der Waals surface area contributed by atoms with Gasteiger partial charge >= 0.3 is 0 Å². The molecule has 0 saturated heterocycles. The quantitative estimate of drug-likeness (QED) is 0.777. The molecule has 0 aliphatic heterocycles. The summed E-state index contributed by atoms with van der Waals surface area (Å²) >= 11 is 0. The number of hydrogen-bond acceptors (Lipinski definition) is 2. The number of ketones is 1. The van der Waals surface area contributed by atoms with Gasteiger partial charge in [0.15, 0.2) is 0 Å². The van der Waals surface area contributed by atoms with Crippen LogP contribution in [0.15, 0.2) is 18.2 Å². The highest BCUT2D eigenvalue weighted by Gasteiger charge is 2.60. The van der Waals surface area contributed by atoms with Crippen molar-refractivity contribution in [1.29, 1.82) is 0 Å². The van der Waals surface area contributed by atoms with Crippen molar-refractivity contribution in [3.05, 3.63) is 29.3 Å². The molecular formula is C19H24O2. The second kappa shape index (κ2) is 4.34. The van der Waals surface area contributed by atoms with Gasteiger partial charge in [-0.1, -0.05) is 19.4 Å². The number of rotatable bonds is 1. The van der Waals surface area contributed by atoms with E-state index >= 15 is 0 Å². The Kier molecular flexibility index (Phi) is 2.76. The van der Waals surface area contributed by atoms with Crippen molar-refractivity contribution in [2.75, 3.05) is 7.11 Å². The molecule has 2 fully saturated rings. The normalized spacial score (nSPS) is 37.6. The summed E-state index contributed by atoms with van der Waals surface area (Å²) in [6, 6.07) is 6.55. The molecule has 4 rings (SSSR count). The third-order valence-electron chi connectivity index (χ3n) is 6.87. The molecular weight excluding hydrogens is 260 g/mol. The molecule has 0 amide bonds. The summed E-state index contributed by atoms with van der Waals surface area (Å²) in [6.45, 7) is 2.46. The Morgan fingerprint density at radius 1 is 1.29 bits per heavy atom. The van der Waals surface area contributed by atoms with E-state index in [1.54, 1.807) is 7.11 Å². The minimum absolute atomic E-state index is 0.0768. The molecule has 3 aliphatic rings. The van der Waals surface area contributed by atoms with Crippen molar-refractivity contribution in [3.63, 3.8) is 0 Å². The Morgan fingerprint density at radius 3 is 2.95 bits per heavy atom. The van der Waals surface area contributed by atoms with Crippen molar-refractivity contribution in [3.8, 4) is 5.75 Å². The minimum Gasteiger partial charge on any atom is -0.497 e. The van der Waals surface area contributed by atoms with Crippen LogP contribution in [-0.4, -0.2) is 12.9 Å². The smallest absolute Gasteiger partial charge is 0.133 e. The first-order valence-electron chi connectivity index (χ1n) is 8.28. The van der Waals surface area contributed by atoms with Crippen molar-refractivity contribution in [2.24, 2.45) is 11.3 Å². The molecule has 3 aliphatic carbocycles. The molecule has 1 aromatic carbocycles. The maximum Gasteiger partial charge on any atom is 0.133 e. The van der Waals surface area contributed by atoms with E-state index in [1.807, 2.05) is 0 Å². The Balaban J connectivity index is 1.95. The lowest BCUT2D eigenvalue weighted by Gasteiger charge is -2.62. The van der Waals surface area contributed by atoms with Crippen LogP contribution in [0, 0.1) is 11.3 Å². The molecule has 3 atom stereocenters. The van der Waals surface area contributed by atoms with Gasteiger partial charge in [0.1, 0.15) is 11.5 Å². The molecule has 0 radical (unpaired) electrons. The second-order valence-electron chi connectivity index (χ2n) is 7.53. The first kappa shape index (κ1) is 13.4. The summed E-state index contributed by atoms with van der Waals surface area (Å²) in [4.78, 5) is 12.3. The van der Waals surface area contributed by atoms with E-state index in [4.69, 9.17) is 4.74 Å². The maximum absolute atomic E-state index is 12.3. The molecule has 2 heteroatoms. The highest BCUT2D eigenvalue weighted by molar-refractivity contribution is 5.82. The number of methoxy groups -OCH3 is 1. The molecule has 2 bridgehead atoms. The minimum atomic E-state index is 0.0768. The monoisotopic (exact) mass is 284 g/mol. The fourth-order valence-electron chi connectivity index (χ4n) is 5.64. The van der Waals surface area contributed by atoms with Crippen LogP contribution in [0.2, 0.25) is 0 Å². The van der Waals surface area contributed by atoms with Crippen LogP contribution >= 0.6 is 0 Å². The topological polar surface area (TPSA) is 26.3 Å². The standard InChI is InChI=1S/C19H24O2/c1-18-9-7-15(20)12-19(18)8-3-4-14(18)10-13-5-6-16(21-2)11-17(13)19/h5-6,11,14H,3-4,7-10,12H2,1-2H3/t14-,18+,19-/m1/s1. The van der Waals surface area contributed by atoms with E-state index in [9.17, 15) is 4.79 Å². The summed E-state index contributed by atoms with van der Waals surface area (Å²) in [5.41, 5.74) is 3.27. The van der Waals surface area contributed by atoms with Crippen LogP contribution in [0.3, 0.4) is 0 Å². The third-order valence-corrected chi connectivity index (χ3v) is 6.87. The number of carbonyl (C=O) groups excluding carboxylic acids is 1. The van der Waals surface area contributed by atoms with E-state index in [0.29, 0.717) is 11.2 Å². The van der Waals surface area contributed by atoms with Gasteiger partial charge in [0.05, 0.1) is 7.11 Å². The van der Waals surface area contributed by atoms with Crippen LogP contribution in [-0.2, 0) is 16.6 Å². The zero-order valence-corrected chi connectivity index (χ0v) is 13.1. The van der Waals surface area contributed by atoms with Crippen LogP contribution in [0.1, 0.15) is 56.6 Å². The first-order chi connectivity index (χ1) is 10.1. The van der Waals surface area contributed by atoms with E-state index in [-0.39, 0.29) is 5.41 Å². The average molecular weight is 284 g/mol. The Morgan fingerprint density at radius 2 is 2.14 bits per heavy atom. The lowest BCUT2D eigenvalue weighted by Crippen LogP contribution is -2.58. The number of benzene rings is 1. The van der Waals surface area contributed by atoms with Crippen LogP contribution in [0.5, 0.6) is 5.75 Å². The summed E-state index contributed by atoms with van der Waals surface area (Å²) in [6.07, 6.45) is 7.57. The Hall–Kier alpha value is -1.31. The van der Waals surface area contributed by atoms with E-state index in [0.717, 1.165) is 30.9 Å². The van der Waals surface area contributed by atoms with Crippen molar-refractivity contribution >= 4 is 5.78 Å². The number of ether oxygens (including phenoxy) is 1. The zero-order chi connectivity index (χ0) is 14.7. The van der Waals surface area contributed by atoms with Gasteiger partial charge in [-0.3, -0.25) is 4.79 Å². The van der Waals surface area contributed by atoms with E-state index in [2.05, 4.69) is 25.1 Å². The predicted molar refractivity (Wildman–Crippen MR) is 82.7 cm³/mol. The largest absolute Gasteiger partial charge is 0.497 e. The van der Waals surface area contributed by atoms with Gasteiger partial charge in [-0.15, -0.1) is 0 Å². The lowest BCUT2D eigenvalue weighted by atomic mass is 9.41. The molecule has 0 spiro atoms. The molecule has 0 N–H and O–H groups in total. The van der Waals surface area contributed by atoms with Gasteiger partial charge < -0.3 is 4.74 Å². The van der Waals surface area contributed by atoms with E-state index in [1.165, 1.54) is 36.8 Å². The van der Waals surface area contributed by atoms with Gasteiger partial charge in [0.2, 0.25) is 0 Å². The van der Waals surface area contributed by atoms with Gasteiger partial charge in [-0.2, -0.15) is 0 Å². The predicted octanol–water partition coefficient (Wildman–Crippen LogP) is 4.05. The number of carbonyl (C=O) groups is 1. The zero-order valence-electron chi connectivity index (χ0n) is 13.1. The SMILES string of the molecule is COc1ccc2c(c1)[C@]13CCC[C@H](C2)[C@]1(C)CCC(=O)C3. The maximum atomic E-state index is 12.3. The van der Waals surface area contributed by atoms with Gasteiger partial charge in [-0.25, -0.2) is 0 Å². The fourth-order valence-corrected chi connectivity index (χ4v) is 5.64. The molecule has 2 nitrogen and oxygen atoms in total. The van der Waals surface area contributed by atoms with Crippen LogP contribution in [0.4, 0.5) is 0 Å². The number of fused-ring (bicyclic) bond motifs is 1. The second-order valence-corrected chi connectivity index (χ2v) is 7.53. The molecule has 112 valence electrons. The summed E-state index contributed by atoms with van der Waals surface area (Å²) in [5, 5.41) is 0. The Labute approximate surface area is 126 Å². The Bertz CT molecular complexity index is 606. The molecule has 1 aromatic rings. The fraction of sp³-hybridized carbons (Fsp3) is 0.632. The summed E-state index contributed by atoms with van der Waals surface area (Å²) < 4.78 is 5.47. The lowest BCUT2D eigenvalue weighted by molar-refractivity contribution is -0.132. The van der Waals surface area contributed by atoms with Crippen molar-refractivity contribution in [2.45, 2.75) is 57.3 Å². The highest BCUT2D eigenvalue weighted by Crippen LogP contribution is 2.65. The molecule has 21 heavy (non-hydrogen) atoms. The highest BCUT2D eigenvalue weighted by atomic mass is 16.5. The number of hydrogen-bond donors (Lipinski definition) is 0. The summed E-state index contributed by atoms with van der Waals surface area (Å²) in [7, 11) is 1.73. The molecule has 2 saturated carbocycles. The third kappa shape index (κ3) is 1.62. The summed E-state index contributed by atoms with van der Waals surface area (Å²) in [5.74, 6) is 2.15. The molecule has 0 unspecified atom stereocenters. The number of Topliss-reactive ketones (excluding diaryl/α,β-unsaturated/α-hetero) is 1. The molecule has 0 aromatic heterocycles. The van der Waals surface area contributed by atoms with Gasteiger partial charge in [0, 0.05) is 18.3 Å². The van der Waals surface area contributed by atoms with Crippen LogP contribution in [0.25, 0.3) is 0 Å². The van der Waals surface area contributed by atoms with Gasteiger partial charge in [-0.05, 0) is 60.3 Å². The average Bonchev–Trinajstić information content (AvgIpc) is 2.47. The van der Waals surface area contributed by atoms with Crippen LogP contribution < -0.4 is 4.74 Å².